The summed E-state index contributed by atoms with van der Waals surface area (Å²) in [5.74, 6) is -1.03. The van der Waals surface area contributed by atoms with Gasteiger partial charge in [0.2, 0.25) is 0 Å². The lowest BCUT2D eigenvalue weighted by atomic mass is 10.1. The number of ketones is 1. The smallest absolute Gasteiger partial charge is 0.357 e. The van der Waals surface area contributed by atoms with Crippen LogP contribution in [0.1, 0.15) is 20.8 Å². The van der Waals surface area contributed by atoms with Crippen LogP contribution < -0.4 is 0 Å². The van der Waals surface area contributed by atoms with Gasteiger partial charge in [0.05, 0.1) is 15.6 Å². The number of fused-ring (bicyclic) bond motifs is 1. The average Bonchev–Trinajstić information content (AvgIpc) is 2.61. The standard InChI is InChI=1S/C18H11Cl2NO3/c19-13-7-5-12(9-14(13)20)17(22)10-24-18(23)16-8-6-11-3-1-2-4-15(11)21-16/h1-9H,10H2. The number of hydrogen-bond acceptors (Lipinski definition) is 4. The van der Waals surface area contributed by atoms with Crippen LogP contribution in [0.25, 0.3) is 10.9 Å². The minimum absolute atomic E-state index is 0.149. The summed E-state index contributed by atoms with van der Waals surface area (Å²) >= 11 is 11.7. The molecule has 0 saturated heterocycles. The molecular weight excluding hydrogens is 349 g/mol. The van der Waals surface area contributed by atoms with Crippen LogP contribution in [-0.2, 0) is 4.74 Å². The summed E-state index contributed by atoms with van der Waals surface area (Å²) < 4.78 is 5.04. The zero-order chi connectivity index (χ0) is 17.1. The molecule has 3 rings (SSSR count). The number of carbonyl (C=O) groups is 2. The van der Waals surface area contributed by atoms with Crippen molar-refractivity contribution in [2.75, 3.05) is 6.61 Å². The third-order valence-electron chi connectivity index (χ3n) is 3.38. The van der Waals surface area contributed by atoms with E-state index in [1.165, 1.54) is 18.2 Å². The van der Waals surface area contributed by atoms with Crippen LogP contribution in [0.15, 0.2) is 54.6 Å². The summed E-state index contributed by atoms with van der Waals surface area (Å²) in [6.07, 6.45) is 0. The van der Waals surface area contributed by atoms with Gasteiger partial charge < -0.3 is 4.74 Å². The molecule has 4 nitrogen and oxygen atoms in total. The first-order chi connectivity index (χ1) is 11.5. The van der Waals surface area contributed by atoms with Crippen LogP contribution in [0.2, 0.25) is 10.0 Å². The highest BCUT2D eigenvalue weighted by atomic mass is 35.5. The van der Waals surface area contributed by atoms with E-state index in [9.17, 15) is 9.59 Å². The number of aromatic nitrogens is 1. The molecule has 0 aliphatic rings. The Balaban J connectivity index is 1.69. The molecule has 2 aromatic carbocycles. The SMILES string of the molecule is O=C(COC(=O)c1ccc2ccccc2n1)c1ccc(Cl)c(Cl)c1. The highest BCUT2D eigenvalue weighted by Gasteiger charge is 2.14. The Morgan fingerprint density at radius 2 is 1.75 bits per heavy atom. The monoisotopic (exact) mass is 359 g/mol. The van der Waals surface area contributed by atoms with Crippen LogP contribution in [0, 0.1) is 0 Å². The molecular formula is C18H11Cl2NO3. The van der Waals surface area contributed by atoms with Crippen molar-refractivity contribution >= 4 is 45.9 Å². The number of pyridine rings is 1. The van der Waals surface area contributed by atoms with Gasteiger partial charge in [-0.25, -0.2) is 9.78 Å². The number of esters is 1. The molecule has 3 aromatic rings. The van der Waals surface area contributed by atoms with Gasteiger partial charge in [-0.05, 0) is 30.3 Å². The van der Waals surface area contributed by atoms with Crippen LogP contribution in [0.3, 0.4) is 0 Å². The lowest BCUT2D eigenvalue weighted by Gasteiger charge is -2.06. The minimum Gasteiger partial charge on any atom is -0.453 e. The Bertz CT molecular complexity index is 940. The van der Waals surface area contributed by atoms with Crippen LogP contribution in [-0.4, -0.2) is 23.3 Å². The molecule has 0 aliphatic carbocycles. The first-order valence-electron chi connectivity index (χ1n) is 7.06. The number of carbonyl (C=O) groups excluding carboxylic acids is 2. The maximum atomic E-state index is 12.1. The highest BCUT2D eigenvalue weighted by Crippen LogP contribution is 2.22. The van der Waals surface area contributed by atoms with E-state index < -0.39 is 12.6 Å². The van der Waals surface area contributed by atoms with Gasteiger partial charge in [0.15, 0.2) is 12.4 Å². The van der Waals surface area contributed by atoms with Gasteiger partial charge in [0.25, 0.3) is 0 Å². The summed E-state index contributed by atoms with van der Waals surface area (Å²) in [6, 6.07) is 15.2. The van der Waals surface area contributed by atoms with Gasteiger partial charge in [-0.15, -0.1) is 0 Å². The molecule has 120 valence electrons. The van der Waals surface area contributed by atoms with E-state index in [4.69, 9.17) is 27.9 Å². The van der Waals surface area contributed by atoms with E-state index in [2.05, 4.69) is 4.98 Å². The Labute approximate surface area is 148 Å². The van der Waals surface area contributed by atoms with Gasteiger partial charge in [-0.3, -0.25) is 4.79 Å². The number of Topliss-reactive ketones (excluding diaryl/α,β-unsaturated/α-hetero) is 1. The molecule has 0 fully saturated rings. The molecule has 24 heavy (non-hydrogen) atoms. The first kappa shape index (κ1) is 16.4. The van der Waals surface area contributed by atoms with E-state index >= 15 is 0 Å². The van der Waals surface area contributed by atoms with Gasteiger partial charge in [0, 0.05) is 10.9 Å². The fourth-order valence-electron chi connectivity index (χ4n) is 2.14. The second-order valence-corrected chi connectivity index (χ2v) is 5.83. The van der Waals surface area contributed by atoms with E-state index in [1.807, 2.05) is 18.2 Å². The Morgan fingerprint density at radius 3 is 2.54 bits per heavy atom. The van der Waals surface area contributed by atoms with Crippen molar-refractivity contribution in [3.05, 3.63) is 75.9 Å². The molecule has 1 heterocycles. The summed E-state index contributed by atoms with van der Waals surface area (Å²) in [6.45, 7) is -0.398. The molecule has 0 N–H and O–H groups in total. The molecule has 6 heteroatoms. The molecule has 0 unspecified atom stereocenters. The molecule has 0 saturated carbocycles. The number of halogens is 2. The minimum atomic E-state index is -0.658. The van der Waals surface area contributed by atoms with Gasteiger partial charge in [0.1, 0.15) is 5.69 Å². The van der Waals surface area contributed by atoms with E-state index in [-0.39, 0.29) is 16.5 Å². The Kier molecular flexibility index (Phi) is 4.79. The molecule has 0 bridgehead atoms. The largest absolute Gasteiger partial charge is 0.453 e. The molecule has 0 spiro atoms. The van der Waals surface area contributed by atoms with Crippen molar-refractivity contribution < 1.29 is 14.3 Å². The second kappa shape index (κ2) is 6.99. The average molecular weight is 360 g/mol. The summed E-state index contributed by atoms with van der Waals surface area (Å²) in [5, 5.41) is 1.54. The van der Waals surface area contributed by atoms with Crippen molar-refractivity contribution in [3.63, 3.8) is 0 Å². The fraction of sp³-hybridized carbons (Fsp3) is 0.0556. The van der Waals surface area contributed by atoms with Crippen molar-refractivity contribution in [1.29, 1.82) is 0 Å². The molecule has 0 aliphatic heterocycles. The molecule has 0 atom stereocenters. The summed E-state index contributed by atoms with van der Waals surface area (Å²) in [7, 11) is 0. The molecule has 0 radical (unpaired) electrons. The zero-order valence-corrected chi connectivity index (χ0v) is 13.8. The first-order valence-corrected chi connectivity index (χ1v) is 7.81. The predicted molar refractivity (Wildman–Crippen MR) is 92.8 cm³/mol. The van der Waals surface area contributed by atoms with Crippen molar-refractivity contribution in [3.8, 4) is 0 Å². The Hall–Kier alpha value is -2.43. The van der Waals surface area contributed by atoms with E-state index in [0.717, 1.165) is 5.39 Å². The Morgan fingerprint density at radius 1 is 0.958 bits per heavy atom. The lowest BCUT2D eigenvalue weighted by molar-refractivity contribution is 0.0469. The van der Waals surface area contributed by atoms with Crippen molar-refractivity contribution in [1.82, 2.24) is 4.98 Å². The quantitative estimate of drug-likeness (QED) is 0.505. The van der Waals surface area contributed by atoms with Crippen LogP contribution in [0.5, 0.6) is 0 Å². The predicted octanol–water partition coefficient (Wildman–Crippen LogP) is 4.58. The van der Waals surface area contributed by atoms with E-state index in [1.54, 1.807) is 18.2 Å². The lowest BCUT2D eigenvalue weighted by Crippen LogP contribution is -2.15. The maximum absolute atomic E-state index is 12.1. The number of hydrogen-bond donors (Lipinski definition) is 0. The third-order valence-corrected chi connectivity index (χ3v) is 4.12. The number of nitrogens with zero attached hydrogens (tertiary/aromatic N) is 1. The maximum Gasteiger partial charge on any atom is 0.357 e. The number of benzene rings is 2. The van der Waals surface area contributed by atoms with E-state index in [0.29, 0.717) is 16.1 Å². The number of rotatable bonds is 4. The fourth-order valence-corrected chi connectivity index (χ4v) is 2.44. The summed E-state index contributed by atoms with van der Waals surface area (Å²) in [5.41, 5.74) is 1.15. The third kappa shape index (κ3) is 3.55. The second-order valence-electron chi connectivity index (χ2n) is 5.02. The normalized spacial score (nSPS) is 10.6. The van der Waals surface area contributed by atoms with Gasteiger partial charge >= 0.3 is 5.97 Å². The van der Waals surface area contributed by atoms with Gasteiger partial charge in [-0.2, -0.15) is 0 Å². The van der Waals surface area contributed by atoms with Crippen LogP contribution >= 0.6 is 23.2 Å². The van der Waals surface area contributed by atoms with Crippen LogP contribution in [0.4, 0.5) is 0 Å². The number of ether oxygens (including phenoxy) is 1. The topological polar surface area (TPSA) is 56.3 Å². The zero-order valence-electron chi connectivity index (χ0n) is 12.3. The summed E-state index contributed by atoms with van der Waals surface area (Å²) in [4.78, 5) is 28.3. The van der Waals surface area contributed by atoms with Gasteiger partial charge in [-0.1, -0.05) is 47.5 Å². The van der Waals surface area contributed by atoms with Crippen molar-refractivity contribution in [2.45, 2.75) is 0 Å². The molecule has 0 amide bonds. The highest BCUT2D eigenvalue weighted by molar-refractivity contribution is 6.42. The molecule has 1 aromatic heterocycles. The number of para-hydroxylation sites is 1. The van der Waals surface area contributed by atoms with Crippen molar-refractivity contribution in [2.24, 2.45) is 0 Å².